The first-order valence-electron chi connectivity index (χ1n) is 3.69. The smallest absolute Gasteiger partial charge is 0.0573 e. The lowest BCUT2D eigenvalue weighted by Crippen LogP contribution is -2.19. The number of hydrogen-bond acceptors (Lipinski definition) is 1. The lowest BCUT2D eigenvalue weighted by atomic mass is 10.1. The van der Waals surface area contributed by atoms with Crippen LogP contribution < -0.4 is 0 Å². The van der Waals surface area contributed by atoms with Crippen molar-refractivity contribution in [1.82, 2.24) is 0 Å². The molecule has 0 aliphatic carbocycles. The van der Waals surface area contributed by atoms with Crippen LogP contribution in [0.15, 0.2) is 0 Å². The van der Waals surface area contributed by atoms with E-state index in [1.54, 1.807) is 0 Å². The molecular formula is C8H18O. The molecule has 0 fully saturated rings. The molecule has 0 aliphatic rings. The molecule has 1 atom stereocenters. The van der Waals surface area contributed by atoms with Gasteiger partial charge in [-0.3, -0.25) is 0 Å². The van der Waals surface area contributed by atoms with Crippen LogP contribution in [-0.4, -0.2) is 12.2 Å². The summed E-state index contributed by atoms with van der Waals surface area (Å²) in [5.41, 5.74) is 0. The Labute approximate surface area is 58.4 Å². The minimum absolute atomic E-state index is 0.363. The van der Waals surface area contributed by atoms with Crippen molar-refractivity contribution in [1.29, 1.82) is 0 Å². The third-order valence-electron chi connectivity index (χ3n) is 1.43. The molecule has 1 heteroatoms. The molecule has 0 aromatic carbocycles. The lowest BCUT2D eigenvalue weighted by Gasteiger charge is -2.18. The van der Waals surface area contributed by atoms with Gasteiger partial charge in [0.1, 0.15) is 0 Å². The second-order valence-corrected chi connectivity index (χ2v) is 3.13. The summed E-state index contributed by atoms with van der Waals surface area (Å²) in [7, 11) is 0. The summed E-state index contributed by atoms with van der Waals surface area (Å²) in [4.78, 5) is 0. The minimum Gasteiger partial charge on any atom is -0.376 e. The van der Waals surface area contributed by atoms with Gasteiger partial charge in [0.25, 0.3) is 0 Å². The third-order valence-corrected chi connectivity index (χ3v) is 1.43. The van der Waals surface area contributed by atoms with E-state index in [1.165, 1.54) is 0 Å². The molecule has 0 spiro atoms. The normalized spacial score (nSPS) is 15.0. The van der Waals surface area contributed by atoms with Crippen LogP contribution in [0.25, 0.3) is 0 Å². The average molecular weight is 130 g/mol. The summed E-state index contributed by atoms with van der Waals surface area (Å²) in [5, 5.41) is 0. The summed E-state index contributed by atoms with van der Waals surface area (Å²) < 4.78 is 5.51. The molecule has 0 saturated heterocycles. The minimum atomic E-state index is 0.363. The van der Waals surface area contributed by atoms with Gasteiger partial charge in [-0.25, -0.2) is 0 Å². The van der Waals surface area contributed by atoms with E-state index < -0.39 is 0 Å². The summed E-state index contributed by atoms with van der Waals surface area (Å²) in [5.74, 6) is 0.632. The maximum atomic E-state index is 5.51. The van der Waals surface area contributed by atoms with Gasteiger partial charge < -0.3 is 4.74 Å². The first-order chi connectivity index (χ1) is 4.04. The fourth-order valence-corrected chi connectivity index (χ4v) is 0.586. The topological polar surface area (TPSA) is 9.23 Å². The van der Waals surface area contributed by atoms with Gasteiger partial charge in [0.05, 0.1) is 12.2 Å². The van der Waals surface area contributed by atoms with Crippen molar-refractivity contribution in [2.45, 2.75) is 46.8 Å². The zero-order chi connectivity index (χ0) is 7.44. The van der Waals surface area contributed by atoms with Gasteiger partial charge in [-0.15, -0.1) is 0 Å². The molecule has 0 aliphatic heterocycles. The van der Waals surface area contributed by atoms with Crippen molar-refractivity contribution in [2.75, 3.05) is 0 Å². The molecule has 0 unspecified atom stereocenters. The van der Waals surface area contributed by atoms with Crippen molar-refractivity contribution in [3.05, 3.63) is 0 Å². The number of ether oxygens (including phenoxy) is 1. The molecule has 0 rings (SSSR count). The molecule has 0 aromatic heterocycles. The maximum Gasteiger partial charge on any atom is 0.0573 e. The Kier molecular flexibility index (Phi) is 3.87. The highest BCUT2D eigenvalue weighted by molar-refractivity contribution is 4.55. The fourth-order valence-electron chi connectivity index (χ4n) is 0.586. The Bertz CT molecular complexity index is 67.0. The first-order valence-corrected chi connectivity index (χ1v) is 3.69. The Morgan fingerprint density at radius 2 is 1.33 bits per heavy atom. The van der Waals surface area contributed by atoms with Crippen molar-refractivity contribution < 1.29 is 4.74 Å². The van der Waals surface area contributed by atoms with Crippen molar-refractivity contribution in [3.63, 3.8) is 0 Å². The number of rotatable bonds is 3. The van der Waals surface area contributed by atoms with Gasteiger partial charge in [0, 0.05) is 0 Å². The van der Waals surface area contributed by atoms with Crippen LogP contribution in [0.3, 0.4) is 0 Å². The predicted molar refractivity (Wildman–Crippen MR) is 40.5 cm³/mol. The fraction of sp³-hybridized carbons (Fsp3) is 1.00. The predicted octanol–water partition coefficient (Wildman–Crippen LogP) is 2.46. The molecule has 0 N–H and O–H groups in total. The molecule has 56 valence electrons. The van der Waals surface area contributed by atoms with Crippen LogP contribution in [0.5, 0.6) is 0 Å². The summed E-state index contributed by atoms with van der Waals surface area (Å²) in [6, 6.07) is 0. The van der Waals surface area contributed by atoms with E-state index in [1.807, 2.05) is 0 Å². The Balaban J connectivity index is 3.38. The van der Waals surface area contributed by atoms with E-state index in [0.29, 0.717) is 18.1 Å². The highest BCUT2D eigenvalue weighted by Gasteiger charge is 2.07. The van der Waals surface area contributed by atoms with E-state index in [-0.39, 0.29) is 0 Å². The molecule has 1 nitrogen and oxygen atoms in total. The lowest BCUT2D eigenvalue weighted by molar-refractivity contribution is -0.00641. The van der Waals surface area contributed by atoms with E-state index in [9.17, 15) is 0 Å². The van der Waals surface area contributed by atoms with E-state index in [4.69, 9.17) is 4.74 Å². The molecule has 0 amide bonds. The van der Waals surface area contributed by atoms with Gasteiger partial charge in [-0.2, -0.15) is 0 Å². The van der Waals surface area contributed by atoms with Crippen LogP contribution in [0.1, 0.15) is 34.6 Å². The Morgan fingerprint density at radius 3 is 1.44 bits per heavy atom. The molecule has 0 heterocycles. The second-order valence-electron chi connectivity index (χ2n) is 3.13. The van der Waals surface area contributed by atoms with Crippen LogP contribution in [0, 0.1) is 5.92 Å². The molecule has 0 bridgehead atoms. The zero-order valence-corrected chi connectivity index (χ0v) is 7.14. The van der Waals surface area contributed by atoms with Gasteiger partial charge in [-0.05, 0) is 26.7 Å². The average Bonchev–Trinajstić information content (AvgIpc) is 1.63. The monoisotopic (exact) mass is 130 g/mol. The Morgan fingerprint density at radius 1 is 0.889 bits per heavy atom. The van der Waals surface area contributed by atoms with Gasteiger partial charge in [-0.1, -0.05) is 13.8 Å². The maximum absolute atomic E-state index is 5.51. The quantitative estimate of drug-likeness (QED) is 0.570. The summed E-state index contributed by atoms with van der Waals surface area (Å²) in [6.07, 6.45) is 0.757. The number of hydrogen-bond donors (Lipinski definition) is 0. The van der Waals surface area contributed by atoms with E-state index >= 15 is 0 Å². The Hall–Kier alpha value is -0.0400. The van der Waals surface area contributed by atoms with Crippen LogP contribution in [-0.2, 0) is 4.74 Å². The van der Waals surface area contributed by atoms with E-state index in [2.05, 4.69) is 34.6 Å². The molecule has 0 radical (unpaired) electrons. The van der Waals surface area contributed by atoms with Crippen LogP contribution >= 0.6 is 0 Å². The van der Waals surface area contributed by atoms with Gasteiger partial charge in [0.2, 0.25) is 0 Å². The first kappa shape index (κ1) is 8.96. The van der Waals surface area contributed by atoms with Crippen LogP contribution in [0.2, 0.25) is 0 Å². The van der Waals surface area contributed by atoms with Crippen molar-refractivity contribution in [3.8, 4) is 0 Å². The molecule has 9 heavy (non-hydrogen) atoms. The standard InChI is InChI=1S/C8H18O/c1-6(2)8(5)9-7(3)4/h6-8H,1-5H3/t8-/m1/s1. The van der Waals surface area contributed by atoms with Crippen molar-refractivity contribution >= 4 is 0 Å². The SMILES string of the molecule is CC(C)O[C@H](C)C(C)C. The zero-order valence-electron chi connectivity index (χ0n) is 7.14. The van der Waals surface area contributed by atoms with Crippen molar-refractivity contribution in [2.24, 2.45) is 5.92 Å². The van der Waals surface area contributed by atoms with Gasteiger partial charge >= 0.3 is 0 Å². The summed E-state index contributed by atoms with van der Waals surface area (Å²) in [6.45, 7) is 10.6. The summed E-state index contributed by atoms with van der Waals surface area (Å²) >= 11 is 0. The van der Waals surface area contributed by atoms with Crippen LogP contribution in [0.4, 0.5) is 0 Å². The highest BCUT2D eigenvalue weighted by Crippen LogP contribution is 2.07. The second kappa shape index (κ2) is 3.89. The highest BCUT2D eigenvalue weighted by atomic mass is 16.5. The largest absolute Gasteiger partial charge is 0.376 e. The molecular weight excluding hydrogens is 112 g/mol. The van der Waals surface area contributed by atoms with Gasteiger partial charge in [0.15, 0.2) is 0 Å². The molecule has 0 aromatic rings. The third kappa shape index (κ3) is 4.46. The molecule has 0 saturated carbocycles. The van der Waals surface area contributed by atoms with E-state index in [0.717, 1.165) is 0 Å².